The molecule has 1 aromatic heterocycles. The van der Waals surface area contributed by atoms with E-state index in [9.17, 15) is 4.79 Å². The molecule has 3 aromatic rings. The number of nitrogens with zero attached hydrogens (tertiary/aromatic N) is 3. The second-order valence-electron chi connectivity index (χ2n) is 6.63. The van der Waals surface area contributed by atoms with E-state index >= 15 is 0 Å². The first-order valence-electron chi connectivity index (χ1n) is 8.98. The van der Waals surface area contributed by atoms with Gasteiger partial charge in [0.15, 0.2) is 11.0 Å². The van der Waals surface area contributed by atoms with Gasteiger partial charge in [0.2, 0.25) is 5.91 Å². The molecule has 0 saturated carbocycles. The van der Waals surface area contributed by atoms with Crippen LogP contribution in [-0.4, -0.2) is 33.0 Å². The number of rotatable bonds is 6. The molecule has 0 aliphatic carbocycles. The largest absolute Gasteiger partial charge is 0.496 e. The molecule has 1 amide bonds. The maximum Gasteiger partial charge on any atom is 0.237 e. The molecule has 146 valence electrons. The number of benzene rings is 2. The van der Waals surface area contributed by atoms with E-state index in [0.29, 0.717) is 11.0 Å². The van der Waals surface area contributed by atoms with Crippen LogP contribution < -0.4 is 10.1 Å². The van der Waals surface area contributed by atoms with E-state index < -0.39 is 0 Å². The quantitative estimate of drug-likeness (QED) is 0.632. The monoisotopic (exact) mass is 396 g/mol. The van der Waals surface area contributed by atoms with Crippen LogP contribution in [0.2, 0.25) is 0 Å². The van der Waals surface area contributed by atoms with Crippen molar-refractivity contribution in [2.75, 3.05) is 12.4 Å². The number of carbonyl (C=O) groups is 1. The van der Waals surface area contributed by atoms with E-state index in [1.807, 2.05) is 68.8 Å². The summed E-state index contributed by atoms with van der Waals surface area (Å²) >= 11 is 1.37. The maximum absolute atomic E-state index is 12.6. The van der Waals surface area contributed by atoms with Crippen LogP contribution >= 0.6 is 11.8 Å². The van der Waals surface area contributed by atoms with E-state index in [-0.39, 0.29) is 11.2 Å². The number of amides is 1. The summed E-state index contributed by atoms with van der Waals surface area (Å²) in [5.41, 5.74) is 3.90. The fourth-order valence-electron chi connectivity index (χ4n) is 2.88. The summed E-state index contributed by atoms with van der Waals surface area (Å²) in [6, 6.07) is 13.6. The SMILES string of the molecule is COc1ccccc1-c1nnc(S[C@H](C)C(=O)Nc2ccc(C)cc2C)n1C. The summed E-state index contributed by atoms with van der Waals surface area (Å²) in [6.07, 6.45) is 0. The van der Waals surface area contributed by atoms with Crippen LogP contribution in [0.3, 0.4) is 0 Å². The fourth-order valence-corrected chi connectivity index (χ4v) is 3.70. The second-order valence-corrected chi connectivity index (χ2v) is 7.94. The third-order valence-electron chi connectivity index (χ3n) is 4.47. The third kappa shape index (κ3) is 4.20. The highest BCUT2D eigenvalue weighted by Gasteiger charge is 2.21. The third-order valence-corrected chi connectivity index (χ3v) is 5.61. The van der Waals surface area contributed by atoms with E-state index in [0.717, 1.165) is 22.6 Å². The molecule has 0 aliphatic rings. The van der Waals surface area contributed by atoms with Gasteiger partial charge in [0.05, 0.1) is 17.9 Å². The summed E-state index contributed by atoms with van der Waals surface area (Å²) in [4.78, 5) is 12.6. The van der Waals surface area contributed by atoms with Crippen molar-refractivity contribution in [3.63, 3.8) is 0 Å². The maximum atomic E-state index is 12.6. The molecule has 0 saturated heterocycles. The van der Waals surface area contributed by atoms with Gasteiger partial charge in [-0.05, 0) is 44.5 Å². The Labute approximate surface area is 169 Å². The molecule has 3 rings (SSSR count). The number of para-hydroxylation sites is 1. The van der Waals surface area contributed by atoms with Crippen molar-refractivity contribution in [2.45, 2.75) is 31.2 Å². The lowest BCUT2D eigenvalue weighted by atomic mass is 10.1. The van der Waals surface area contributed by atoms with E-state index in [1.54, 1.807) is 7.11 Å². The summed E-state index contributed by atoms with van der Waals surface area (Å²) in [7, 11) is 3.52. The highest BCUT2D eigenvalue weighted by Crippen LogP contribution is 2.31. The molecule has 0 spiro atoms. The summed E-state index contributed by atoms with van der Waals surface area (Å²) in [5, 5.41) is 11.9. The minimum absolute atomic E-state index is 0.0706. The van der Waals surface area contributed by atoms with Gasteiger partial charge in [-0.2, -0.15) is 0 Å². The molecule has 2 aromatic carbocycles. The Balaban J connectivity index is 1.75. The lowest BCUT2D eigenvalue weighted by Gasteiger charge is -2.14. The molecule has 1 atom stereocenters. The second kappa shape index (κ2) is 8.48. The Morgan fingerprint density at radius 2 is 1.93 bits per heavy atom. The van der Waals surface area contributed by atoms with Crippen LogP contribution in [0.1, 0.15) is 18.1 Å². The lowest BCUT2D eigenvalue weighted by Crippen LogP contribution is -2.23. The van der Waals surface area contributed by atoms with Gasteiger partial charge >= 0.3 is 0 Å². The number of thioether (sulfide) groups is 1. The predicted molar refractivity (Wildman–Crippen MR) is 113 cm³/mol. The first-order valence-corrected chi connectivity index (χ1v) is 9.86. The van der Waals surface area contributed by atoms with Gasteiger partial charge < -0.3 is 14.6 Å². The van der Waals surface area contributed by atoms with Crippen molar-refractivity contribution < 1.29 is 9.53 Å². The smallest absolute Gasteiger partial charge is 0.237 e. The zero-order chi connectivity index (χ0) is 20.3. The number of hydrogen-bond acceptors (Lipinski definition) is 5. The molecule has 6 nitrogen and oxygen atoms in total. The number of aromatic nitrogens is 3. The number of aryl methyl sites for hydroxylation is 2. The van der Waals surface area contributed by atoms with Crippen LogP contribution in [0.5, 0.6) is 5.75 Å². The normalized spacial score (nSPS) is 11.9. The topological polar surface area (TPSA) is 69.0 Å². The zero-order valence-electron chi connectivity index (χ0n) is 16.7. The number of nitrogens with one attached hydrogen (secondary N) is 1. The summed E-state index contributed by atoms with van der Waals surface area (Å²) in [6.45, 7) is 5.88. The van der Waals surface area contributed by atoms with E-state index in [1.165, 1.54) is 17.3 Å². The van der Waals surface area contributed by atoms with Crippen LogP contribution in [0.25, 0.3) is 11.4 Å². The molecule has 0 fully saturated rings. The van der Waals surface area contributed by atoms with Crippen molar-refractivity contribution in [2.24, 2.45) is 7.05 Å². The molecule has 0 aliphatic heterocycles. The van der Waals surface area contributed by atoms with E-state index in [2.05, 4.69) is 21.6 Å². The predicted octanol–water partition coefficient (Wildman–Crippen LogP) is 4.23. The molecule has 1 N–H and O–H groups in total. The molecule has 7 heteroatoms. The van der Waals surface area contributed by atoms with Crippen molar-refractivity contribution in [1.29, 1.82) is 0 Å². The lowest BCUT2D eigenvalue weighted by molar-refractivity contribution is -0.115. The minimum atomic E-state index is -0.325. The van der Waals surface area contributed by atoms with Crippen LogP contribution in [0.15, 0.2) is 47.6 Å². The van der Waals surface area contributed by atoms with Gasteiger partial charge in [-0.25, -0.2) is 0 Å². The van der Waals surface area contributed by atoms with Gasteiger partial charge in [0.25, 0.3) is 0 Å². The Bertz CT molecular complexity index is 1000. The van der Waals surface area contributed by atoms with Gasteiger partial charge in [0, 0.05) is 12.7 Å². The Kier molecular flexibility index (Phi) is 6.04. The first kappa shape index (κ1) is 19.9. The number of methoxy groups -OCH3 is 1. The number of carbonyl (C=O) groups excluding carboxylic acids is 1. The van der Waals surface area contributed by atoms with Crippen molar-refractivity contribution in [3.8, 4) is 17.1 Å². The van der Waals surface area contributed by atoms with Crippen molar-refractivity contribution >= 4 is 23.4 Å². The van der Waals surface area contributed by atoms with Crippen molar-refractivity contribution in [1.82, 2.24) is 14.8 Å². The highest BCUT2D eigenvalue weighted by molar-refractivity contribution is 8.00. The van der Waals surface area contributed by atoms with E-state index in [4.69, 9.17) is 4.74 Å². The zero-order valence-corrected chi connectivity index (χ0v) is 17.5. The molecule has 0 unspecified atom stereocenters. The first-order chi connectivity index (χ1) is 13.4. The molecule has 28 heavy (non-hydrogen) atoms. The Morgan fingerprint density at radius 1 is 1.18 bits per heavy atom. The molecular formula is C21H24N4O2S. The minimum Gasteiger partial charge on any atom is -0.496 e. The van der Waals surface area contributed by atoms with Gasteiger partial charge in [-0.15, -0.1) is 10.2 Å². The van der Waals surface area contributed by atoms with Gasteiger partial charge in [0.1, 0.15) is 5.75 Å². The Morgan fingerprint density at radius 3 is 2.64 bits per heavy atom. The number of ether oxygens (including phenoxy) is 1. The van der Waals surface area contributed by atoms with Crippen LogP contribution in [-0.2, 0) is 11.8 Å². The number of hydrogen-bond donors (Lipinski definition) is 1. The standard InChI is InChI=1S/C21H24N4O2S/c1-13-10-11-17(14(2)12-13)22-20(26)15(3)28-21-24-23-19(25(21)4)16-8-6-7-9-18(16)27-5/h6-12,15H,1-5H3,(H,22,26)/t15-/m1/s1. The van der Waals surface area contributed by atoms with Gasteiger partial charge in [-0.1, -0.05) is 41.6 Å². The molecular weight excluding hydrogens is 372 g/mol. The fraction of sp³-hybridized carbons (Fsp3) is 0.286. The van der Waals surface area contributed by atoms with Gasteiger partial charge in [-0.3, -0.25) is 4.79 Å². The Hall–Kier alpha value is -2.80. The number of anilines is 1. The highest BCUT2D eigenvalue weighted by atomic mass is 32.2. The van der Waals surface area contributed by atoms with Crippen LogP contribution in [0, 0.1) is 13.8 Å². The van der Waals surface area contributed by atoms with Crippen molar-refractivity contribution in [3.05, 3.63) is 53.6 Å². The molecule has 0 radical (unpaired) electrons. The average Bonchev–Trinajstić information content (AvgIpc) is 3.04. The molecule has 0 bridgehead atoms. The summed E-state index contributed by atoms with van der Waals surface area (Å²) < 4.78 is 7.30. The van der Waals surface area contributed by atoms with Crippen LogP contribution in [0.4, 0.5) is 5.69 Å². The summed E-state index contributed by atoms with van der Waals surface area (Å²) in [5.74, 6) is 1.36. The molecule has 1 heterocycles. The average molecular weight is 397 g/mol.